The van der Waals surface area contributed by atoms with Gasteiger partial charge >= 0.3 is 0 Å². The Morgan fingerprint density at radius 1 is 1.18 bits per heavy atom. The normalized spacial score (nSPS) is 19.5. The SMILES string of the molecule is c1cncc(CN2CCC[C@@H](c3nc4ccccc4[nH]3)C2)c1. The Morgan fingerprint density at radius 3 is 3.00 bits per heavy atom. The van der Waals surface area contributed by atoms with Crippen LogP contribution in [0.3, 0.4) is 0 Å². The second-order valence-electron chi connectivity index (χ2n) is 6.07. The van der Waals surface area contributed by atoms with E-state index >= 15 is 0 Å². The highest BCUT2D eigenvalue weighted by atomic mass is 15.1. The molecule has 0 radical (unpaired) electrons. The van der Waals surface area contributed by atoms with E-state index in [-0.39, 0.29) is 0 Å². The number of para-hydroxylation sites is 2. The zero-order valence-corrected chi connectivity index (χ0v) is 12.6. The Bertz CT molecular complexity index is 717. The molecule has 2 aromatic heterocycles. The van der Waals surface area contributed by atoms with Gasteiger partial charge < -0.3 is 4.98 Å². The average Bonchev–Trinajstić information content (AvgIpc) is 3.00. The Labute approximate surface area is 130 Å². The van der Waals surface area contributed by atoms with Crippen LogP contribution in [0.15, 0.2) is 48.8 Å². The molecule has 4 heteroatoms. The molecule has 0 saturated carbocycles. The number of rotatable bonds is 3. The van der Waals surface area contributed by atoms with Crippen LogP contribution in [-0.4, -0.2) is 32.9 Å². The fourth-order valence-corrected chi connectivity index (χ4v) is 3.34. The largest absolute Gasteiger partial charge is 0.342 e. The molecule has 1 aliphatic rings. The maximum Gasteiger partial charge on any atom is 0.111 e. The summed E-state index contributed by atoms with van der Waals surface area (Å²) in [5.41, 5.74) is 3.50. The molecule has 22 heavy (non-hydrogen) atoms. The van der Waals surface area contributed by atoms with Gasteiger partial charge in [0.1, 0.15) is 5.82 Å². The number of imidazole rings is 1. The lowest BCUT2D eigenvalue weighted by atomic mass is 9.97. The average molecular weight is 292 g/mol. The van der Waals surface area contributed by atoms with Gasteiger partial charge in [-0.25, -0.2) is 4.98 Å². The maximum absolute atomic E-state index is 4.78. The quantitative estimate of drug-likeness (QED) is 0.805. The molecular formula is C18H20N4. The Kier molecular flexibility index (Phi) is 3.60. The molecule has 3 aromatic rings. The second kappa shape index (κ2) is 5.89. The van der Waals surface area contributed by atoms with Crippen LogP contribution in [0, 0.1) is 0 Å². The molecule has 1 aliphatic heterocycles. The lowest BCUT2D eigenvalue weighted by Crippen LogP contribution is -2.34. The van der Waals surface area contributed by atoms with E-state index in [1.165, 1.54) is 18.4 Å². The van der Waals surface area contributed by atoms with E-state index < -0.39 is 0 Å². The summed E-state index contributed by atoms with van der Waals surface area (Å²) >= 11 is 0. The number of aromatic amines is 1. The summed E-state index contributed by atoms with van der Waals surface area (Å²) in [6.07, 6.45) is 6.23. The summed E-state index contributed by atoms with van der Waals surface area (Å²) in [5.74, 6) is 1.63. The number of aromatic nitrogens is 3. The monoisotopic (exact) mass is 292 g/mol. The second-order valence-corrected chi connectivity index (χ2v) is 6.07. The van der Waals surface area contributed by atoms with Crippen molar-refractivity contribution in [1.82, 2.24) is 19.9 Å². The van der Waals surface area contributed by atoms with Crippen molar-refractivity contribution < 1.29 is 0 Å². The smallest absolute Gasteiger partial charge is 0.111 e. The van der Waals surface area contributed by atoms with E-state index in [1.807, 2.05) is 24.5 Å². The zero-order chi connectivity index (χ0) is 14.8. The predicted octanol–water partition coefficient (Wildman–Crippen LogP) is 3.34. The molecule has 1 N–H and O–H groups in total. The molecule has 0 unspecified atom stereocenters. The minimum atomic E-state index is 0.498. The number of hydrogen-bond acceptors (Lipinski definition) is 3. The van der Waals surface area contributed by atoms with Gasteiger partial charge in [-0.2, -0.15) is 0 Å². The number of pyridine rings is 1. The van der Waals surface area contributed by atoms with Gasteiger partial charge in [0.2, 0.25) is 0 Å². The standard InChI is InChI=1S/C18H20N4/c1-2-8-17-16(7-1)20-18(21-17)15-6-4-10-22(13-15)12-14-5-3-9-19-11-14/h1-3,5,7-9,11,15H,4,6,10,12-13H2,(H,20,21)/t15-/m1/s1. The summed E-state index contributed by atoms with van der Waals surface area (Å²) in [5, 5.41) is 0. The van der Waals surface area contributed by atoms with Gasteiger partial charge in [-0.3, -0.25) is 9.88 Å². The van der Waals surface area contributed by atoms with E-state index in [4.69, 9.17) is 4.98 Å². The molecule has 0 spiro atoms. The van der Waals surface area contributed by atoms with Crippen molar-refractivity contribution >= 4 is 11.0 Å². The minimum Gasteiger partial charge on any atom is -0.342 e. The van der Waals surface area contributed by atoms with Crippen molar-refractivity contribution in [2.45, 2.75) is 25.3 Å². The highest BCUT2D eigenvalue weighted by Gasteiger charge is 2.23. The molecule has 112 valence electrons. The van der Waals surface area contributed by atoms with E-state index in [0.29, 0.717) is 5.92 Å². The number of nitrogens with one attached hydrogen (secondary N) is 1. The van der Waals surface area contributed by atoms with Crippen molar-refractivity contribution in [3.63, 3.8) is 0 Å². The van der Waals surface area contributed by atoms with Gasteiger partial charge in [0.15, 0.2) is 0 Å². The summed E-state index contributed by atoms with van der Waals surface area (Å²) in [6.45, 7) is 3.20. The number of piperidine rings is 1. The van der Waals surface area contributed by atoms with E-state index in [1.54, 1.807) is 0 Å². The van der Waals surface area contributed by atoms with Crippen LogP contribution in [0.4, 0.5) is 0 Å². The molecule has 0 bridgehead atoms. The molecule has 1 fully saturated rings. The fourth-order valence-electron chi connectivity index (χ4n) is 3.34. The van der Waals surface area contributed by atoms with Gasteiger partial charge in [-0.1, -0.05) is 18.2 Å². The number of H-pyrrole nitrogens is 1. The van der Waals surface area contributed by atoms with Gasteiger partial charge in [0.05, 0.1) is 11.0 Å². The first-order chi connectivity index (χ1) is 10.9. The van der Waals surface area contributed by atoms with Crippen LogP contribution in [0.5, 0.6) is 0 Å². The van der Waals surface area contributed by atoms with E-state index in [0.717, 1.165) is 36.5 Å². The first-order valence-electron chi connectivity index (χ1n) is 7.94. The maximum atomic E-state index is 4.78. The summed E-state index contributed by atoms with van der Waals surface area (Å²) < 4.78 is 0. The van der Waals surface area contributed by atoms with Crippen molar-refractivity contribution in [3.05, 3.63) is 60.2 Å². The van der Waals surface area contributed by atoms with Gasteiger partial charge in [0.25, 0.3) is 0 Å². The zero-order valence-electron chi connectivity index (χ0n) is 12.6. The number of hydrogen-bond donors (Lipinski definition) is 1. The Hall–Kier alpha value is -2.20. The molecule has 1 aromatic carbocycles. The minimum absolute atomic E-state index is 0.498. The van der Waals surface area contributed by atoms with Crippen molar-refractivity contribution in [3.8, 4) is 0 Å². The summed E-state index contributed by atoms with van der Waals surface area (Å²) in [4.78, 5) is 15.0. The van der Waals surface area contributed by atoms with Crippen molar-refractivity contribution in [2.24, 2.45) is 0 Å². The van der Waals surface area contributed by atoms with Crippen LogP contribution in [0.25, 0.3) is 11.0 Å². The lowest BCUT2D eigenvalue weighted by molar-refractivity contribution is 0.197. The first-order valence-corrected chi connectivity index (χ1v) is 7.94. The van der Waals surface area contributed by atoms with Crippen LogP contribution in [0.1, 0.15) is 30.1 Å². The van der Waals surface area contributed by atoms with Gasteiger partial charge in [-0.05, 0) is 43.1 Å². The number of fused-ring (bicyclic) bond motifs is 1. The third kappa shape index (κ3) is 2.74. The lowest BCUT2D eigenvalue weighted by Gasteiger charge is -2.31. The highest BCUT2D eigenvalue weighted by Crippen LogP contribution is 2.27. The van der Waals surface area contributed by atoms with Crippen LogP contribution < -0.4 is 0 Å². The van der Waals surface area contributed by atoms with Crippen LogP contribution >= 0.6 is 0 Å². The Balaban J connectivity index is 1.50. The predicted molar refractivity (Wildman–Crippen MR) is 87.6 cm³/mol. The molecule has 0 aliphatic carbocycles. The molecule has 4 nitrogen and oxygen atoms in total. The van der Waals surface area contributed by atoms with Gasteiger partial charge in [0, 0.05) is 31.4 Å². The van der Waals surface area contributed by atoms with E-state index in [2.05, 4.69) is 39.1 Å². The highest BCUT2D eigenvalue weighted by molar-refractivity contribution is 5.74. The fraction of sp³-hybridized carbons (Fsp3) is 0.333. The van der Waals surface area contributed by atoms with Crippen LogP contribution in [-0.2, 0) is 6.54 Å². The van der Waals surface area contributed by atoms with E-state index in [9.17, 15) is 0 Å². The van der Waals surface area contributed by atoms with Gasteiger partial charge in [-0.15, -0.1) is 0 Å². The first kappa shape index (κ1) is 13.5. The summed E-state index contributed by atoms with van der Waals surface area (Å²) in [7, 11) is 0. The third-order valence-corrected chi connectivity index (χ3v) is 4.43. The van der Waals surface area contributed by atoms with Crippen molar-refractivity contribution in [2.75, 3.05) is 13.1 Å². The number of likely N-dealkylation sites (tertiary alicyclic amines) is 1. The molecule has 1 atom stereocenters. The van der Waals surface area contributed by atoms with Crippen molar-refractivity contribution in [1.29, 1.82) is 0 Å². The molecule has 1 saturated heterocycles. The third-order valence-electron chi connectivity index (χ3n) is 4.43. The molecule has 0 amide bonds. The summed E-state index contributed by atoms with van der Waals surface area (Å²) in [6, 6.07) is 12.4. The Morgan fingerprint density at radius 2 is 2.14 bits per heavy atom. The molecular weight excluding hydrogens is 272 g/mol. The topological polar surface area (TPSA) is 44.8 Å². The number of benzene rings is 1. The molecule has 3 heterocycles. The van der Waals surface area contributed by atoms with Crippen LogP contribution in [0.2, 0.25) is 0 Å². The molecule has 4 rings (SSSR count). The number of nitrogens with zero attached hydrogens (tertiary/aromatic N) is 3.